The van der Waals surface area contributed by atoms with Crippen LogP contribution < -0.4 is 10.6 Å². The summed E-state index contributed by atoms with van der Waals surface area (Å²) in [6.07, 6.45) is 3.52. The first kappa shape index (κ1) is 28.7. The van der Waals surface area contributed by atoms with Gasteiger partial charge in [0.1, 0.15) is 0 Å². The third-order valence-corrected chi connectivity index (χ3v) is 7.06. The molecule has 6 nitrogen and oxygen atoms in total. The zero-order valence-corrected chi connectivity index (χ0v) is 25.1. The summed E-state index contributed by atoms with van der Waals surface area (Å²) < 4.78 is 0. The first-order chi connectivity index (χ1) is 20.0. The predicted octanol–water partition coefficient (Wildman–Crippen LogP) is 9.11. The van der Waals surface area contributed by atoms with Crippen LogP contribution in [0.4, 0.5) is 16.2 Å². The largest absolute Gasteiger partial charge is 0.323 e. The Hall–Kier alpha value is -4.84. The van der Waals surface area contributed by atoms with E-state index in [0.717, 1.165) is 39.6 Å². The van der Waals surface area contributed by atoms with E-state index in [1.165, 1.54) is 11.1 Å². The van der Waals surface area contributed by atoms with Crippen molar-refractivity contribution in [3.05, 3.63) is 115 Å². The Balaban J connectivity index is 1.44. The monoisotopic (exact) mass is 555 g/mol. The third-order valence-electron chi connectivity index (χ3n) is 7.06. The maximum atomic E-state index is 13.2. The Bertz CT molecular complexity index is 1610. The number of carbonyl (C=O) groups is 1. The van der Waals surface area contributed by atoms with E-state index < -0.39 is 0 Å². The number of anilines is 2. The fourth-order valence-electron chi connectivity index (χ4n) is 4.62. The number of carbonyl (C=O) groups excluding carboxylic acids is 1. The van der Waals surface area contributed by atoms with Gasteiger partial charge >= 0.3 is 6.03 Å². The number of hydrogen-bond acceptors (Lipinski definition) is 4. The smallest absolute Gasteiger partial charge is 0.308 e. The number of nitrogens with one attached hydrogen (secondary N) is 2. The van der Waals surface area contributed by atoms with Gasteiger partial charge in [0.2, 0.25) is 0 Å². The number of nitrogens with zero attached hydrogens (tertiary/aromatic N) is 3. The minimum absolute atomic E-state index is 0.0463. The molecule has 6 heteroatoms. The van der Waals surface area contributed by atoms with Crippen LogP contribution in [0, 0.1) is 0 Å². The molecule has 3 aromatic heterocycles. The summed E-state index contributed by atoms with van der Waals surface area (Å²) in [6, 6.07) is 29.4. The van der Waals surface area contributed by atoms with Crippen LogP contribution in [-0.4, -0.2) is 21.0 Å². The average molecular weight is 556 g/mol. The average Bonchev–Trinajstić information content (AvgIpc) is 2.97. The van der Waals surface area contributed by atoms with Gasteiger partial charge in [-0.3, -0.25) is 9.97 Å². The molecule has 0 aliphatic rings. The number of rotatable bonds is 5. The van der Waals surface area contributed by atoms with E-state index in [1.807, 2.05) is 72.8 Å². The Kier molecular flexibility index (Phi) is 7.90. The summed E-state index contributed by atoms with van der Waals surface area (Å²) in [6.45, 7) is 13.1. The third kappa shape index (κ3) is 6.89. The molecule has 5 rings (SSSR count). The van der Waals surface area contributed by atoms with Gasteiger partial charge < -0.3 is 10.6 Å². The Morgan fingerprint density at radius 1 is 0.548 bits per heavy atom. The second-order valence-electron chi connectivity index (χ2n) is 12.5. The molecule has 2 amide bonds. The molecule has 2 N–H and O–H groups in total. The lowest BCUT2D eigenvalue weighted by Gasteiger charge is -2.26. The van der Waals surface area contributed by atoms with Crippen LogP contribution in [0.3, 0.4) is 0 Å². The van der Waals surface area contributed by atoms with E-state index in [1.54, 1.807) is 12.4 Å². The standard InChI is InChI=1S/C36H37N5O/c1-35(2,3)26-21-27(36(4,5)6)23-29(22-26)40-34(42)39-28-13-11-12-24(18-28)25-19-32(30-14-7-9-16-37-30)41-33(20-25)31-15-8-10-17-38-31/h7-23H,1-6H3,(H2,39,40,42). The molecule has 0 fully saturated rings. The number of benzene rings is 2. The van der Waals surface area contributed by atoms with Gasteiger partial charge in [-0.05, 0) is 93.7 Å². The van der Waals surface area contributed by atoms with Gasteiger partial charge in [0.25, 0.3) is 0 Å². The van der Waals surface area contributed by atoms with Crippen molar-refractivity contribution in [3.8, 4) is 33.9 Å². The number of urea groups is 1. The van der Waals surface area contributed by atoms with Gasteiger partial charge in [0.15, 0.2) is 0 Å². The molecule has 0 radical (unpaired) electrons. The van der Waals surface area contributed by atoms with Gasteiger partial charge in [-0.1, -0.05) is 71.9 Å². The second-order valence-corrected chi connectivity index (χ2v) is 12.5. The molecular formula is C36H37N5O. The highest BCUT2D eigenvalue weighted by Crippen LogP contribution is 2.33. The van der Waals surface area contributed by atoms with Gasteiger partial charge in [0.05, 0.1) is 22.8 Å². The van der Waals surface area contributed by atoms with Crippen molar-refractivity contribution in [1.29, 1.82) is 0 Å². The molecule has 5 aromatic rings. The maximum Gasteiger partial charge on any atom is 0.323 e. The number of aromatic nitrogens is 3. The van der Waals surface area contributed by atoms with Gasteiger partial charge in [-0.15, -0.1) is 0 Å². The number of pyridine rings is 3. The summed E-state index contributed by atoms with van der Waals surface area (Å²) >= 11 is 0. The highest BCUT2D eigenvalue weighted by Gasteiger charge is 2.21. The Morgan fingerprint density at radius 3 is 1.60 bits per heavy atom. The van der Waals surface area contributed by atoms with Crippen LogP contribution in [0.1, 0.15) is 52.7 Å². The van der Waals surface area contributed by atoms with Gasteiger partial charge in [-0.2, -0.15) is 0 Å². The van der Waals surface area contributed by atoms with Crippen LogP contribution in [0.25, 0.3) is 33.9 Å². The quantitative estimate of drug-likeness (QED) is 0.227. The highest BCUT2D eigenvalue weighted by molar-refractivity contribution is 6.00. The van der Waals surface area contributed by atoms with Crippen molar-refractivity contribution < 1.29 is 4.79 Å². The molecule has 0 saturated heterocycles. The molecule has 0 saturated carbocycles. The number of amides is 2. The van der Waals surface area contributed by atoms with Crippen molar-refractivity contribution in [2.75, 3.05) is 10.6 Å². The molecule has 3 heterocycles. The molecule has 0 atom stereocenters. The van der Waals surface area contributed by atoms with E-state index in [-0.39, 0.29) is 16.9 Å². The lowest BCUT2D eigenvalue weighted by molar-refractivity contribution is 0.262. The molecule has 2 aromatic carbocycles. The predicted molar refractivity (Wildman–Crippen MR) is 173 cm³/mol. The zero-order valence-electron chi connectivity index (χ0n) is 25.1. The molecule has 0 aliphatic carbocycles. The summed E-state index contributed by atoms with van der Waals surface area (Å²) in [7, 11) is 0. The first-order valence-corrected chi connectivity index (χ1v) is 14.2. The fourth-order valence-corrected chi connectivity index (χ4v) is 4.62. The van der Waals surface area contributed by atoms with Crippen molar-refractivity contribution in [1.82, 2.24) is 15.0 Å². The summed E-state index contributed by atoms with van der Waals surface area (Å²) in [5.74, 6) is 0. The lowest BCUT2D eigenvalue weighted by Crippen LogP contribution is -2.22. The molecule has 212 valence electrons. The Morgan fingerprint density at radius 2 is 1.10 bits per heavy atom. The molecule has 0 bridgehead atoms. The lowest BCUT2D eigenvalue weighted by atomic mass is 9.80. The molecular weight excluding hydrogens is 518 g/mol. The van der Waals surface area contributed by atoms with E-state index in [4.69, 9.17) is 4.98 Å². The minimum Gasteiger partial charge on any atom is -0.308 e. The van der Waals surface area contributed by atoms with Crippen LogP contribution in [0.2, 0.25) is 0 Å². The highest BCUT2D eigenvalue weighted by atomic mass is 16.2. The SMILES string of the molecule is CC(C)(C)c1cc(NC(=O)Nc2cccc(-c3cc(-c4ccccn4)nc(-c4ccccn4)c3)c2)cc(C(C)(C)C)c1. The van der Waals surface area contributed by atoms with Crippen molar-refractivity contribution in [3.63, 3.8) is 0 Å². The van der Waals surface area contributed by atoms with Gasteiger partial charge in [0, 0.05) is 23.8 Å². The molecule has 0 unspecified atom stereocenters. The summed E-state index contributed by atoms with van der Waals surface area (Å²) in [5.41, 5.74) is 8.65. The van der Waals surface area contributed by atoms with E-state index in [2.05, 4.69) is 80.3 Å². The first-order valence-electron chi connectivity index (χ1n) is 14.2. The van der Waals surface area contributed by atoms with Crippen LogP contribution in [0.5, 0.6) is 0 Å². The minimum atomic E-state index is -0.295. The van der Waals surface area contributed by atoms with E-state index in [9.17, 15) is 4.79 Å². The topological polar surface area (TPSA) is 79.8 Å². The second kappa shape index (κ2) is 11.6. The maximum absolute atomic E-state index is 13.2. The van der Waals surface area contributed by atoms with E-state index in [0.29, 0.717) is 5.69 Å². The molecule has 42 heavy (non-hydrogen) atoms. The normalized spacial score (nSPS) is 11.7. The molecule has 0 spiro atoms. The van der Waals surface area contributed by atoms with Crippen LogP contribution in [-0.2, 0) is 10.8 Å². The van der Waals surface area contributed by atoms with Crippen LogP contribution in [0.15, 0.2) is 103 Å². The van der Waals surface area contributed by atoms with Gasteiger partial charge in [-0.25, -0.2) is 9.78 Å². The summed E-state index contributed by atoms with van der Waals surface area (Å²) in [4.78, 5) is 27.1. The summed E-state index contributed by atoms with van der Waals surface area (Å²) in [5, 5.41) is 6.08. The van der Waals surface area contributed by atoms with E-state index >= 15 is 0 Å². The van der Waals surface area contributed by atoms with Crippen molar-refractivity contribution in [2.45, 2.75) is 52.4 Å². The van der Waals surface area contributed by atoms with Crippen molar-refractivity contribution >= 4 is 17.4 Å². The Labute approximate surface area is 248 Å². The van der Waals surface area contributed by atoms with Crippen LogP contribution >= 0.6 is 0 Å². The zero-order chi connectivity index (χ0) is 29.9. The van der Waals surface area contributed by atoms with Crippen molar-refractivity contribution in [2.24, 2.45) is 0 Å². The molecule has 0 aliphatic heterocycles. The fraction of sp³-hybridized carbons (Fsp3) is 0.222. The number of hydrogen-bond donors (Lipinski definition) is 2.